The van der Waals surface area contributed by atoms with E-state index < -0.39 is 11.3 Å². The highest BCUT2D eigenvalue weighted by Gasteiger charge is 2.34. The molecule has 16 heavy (non-hydrogen) atoms. The van der Waals surface area contributed by atoms with Crippen LogP contribution in [0.1, 0.15) is 5.56 Å². The highest BCUT2D eigenvalue weighted by atomic mass is 35.5. The SMILES string of the molecule is COc1ccc(C/N=C(\Cl)C(F)(F)F)cc1. The fourth-order valence-corrected chi connectivity index (χ4v) is 1.04. The standard InChI is InChI=1S/C10H9ClF3NO/c1-16-8-4-2-7(3-5-8)6-15-9(11)10(12,13)14/h2-5H,6H2,1H3/b15-9-. The zero-order valence-electron chi connectivity index (χ0n) is 8.38. The van der Waals surface area contributed by atoms with E-state index in [-0.39, 0.29) is 6.54 Å². The molecule has 0 unspecified atom stereocenters. The van der Waals surface area contributed by atoms with Crippen LogP contribution in [0.4, 0.5) is 13.2 Å². The molecule has 0 N–H and O–H groups in total. The van der Waals surface area contributed by atoms with Crippen molar-refractivity contribution < 1.29 is 17.9 Å². The van der Waals surface area contributed by atoms with Crippen LogP contribution in [-0.4, -0.2) is 18.5 Å². The van der Waals surface area contributed by atoms with Crippen molar-refractivity contribution in [2.45, 2.75) is 12.7 Å². The van der Waals surface area contributed by atoms with Gasteiger partial charge in [0.15, 0.2) is 0 Å². The molecular formula is C10H9ClF3NO. The zero-order valence-corrected chi connectivity index (χ0v) is 9.14. The predicted octanol–water partition coefficient (Wildman–Crippen LogP) is 3.39. The molecule has 0 amide bonds. The molecule has 2 nitrogen and oxygen atoms in total. The summed E-state index contributed by atoms with van der Waals surface area (Å²) in [6, 6.07) is 6.55. The monoisotopic (exact) mass is 251 g/mol. The van der Waals surface area contributed by atoms with Gasteiger partial charge >= 0.3 is 6.18 Å². The third-order valence-corrected chi connectivity index (χ3v) is 2.13. The number of rotatable bonds is 3. The maximum absolute atomic E-state index is 12.0. The largest absolute Gasteiger partial charge is 0.497 e. The minimum Gasteiger partial charge on any atom is -0.497 e. The summed E-state index contributed by atoms with van der Waals surface area (Å²) in [5.41, 5.74) is 0.628. The molecular weight excluding hydrogens is 243 g/mol. The number of ether oxygens (including phenoxy) is 1. The predicted molar refractivity (Wildman–Crippen MR) is 56.0 cm³/mol. The molecule has 0 heterocycles. The number of aliphatic imine (C=N–C) groups is 1. The molecule has 0 radical (unpaired) electrons. The maximum Gasteiger partial charge on any atom is 0.444 e. The molecule has 0 atom stereocenters. The highest BCUT2D eigenvalue weighted by Crippen LogP contribution is 2.20. The second-order valence-electron chi connectivity index (χ2n) is 2.95. The fraction of sp³-hybridized carbons (Fsp3) is 0.300. The lowest BCUT2D eigenvalue weighted by atomic mass is 10.2. The van der Waals surface area contributed by atoms with Crippen LogP contribution >= 0.6 is 11.6 Å². The number of benzene rings is 1. The van der Waals surface area contributed by atoms with E-state index in [1.807, 2.05) is 0 Å². The Labute approximate surface area is 95.7 Å². The molecule has 0 bridgehead atoms. The molecule has 0 aliphatic heterocycles. The van der Waals surface area contributed by atoms with E-state index in [1.165, 1.54) is 7.11 Å². The minimum atomic E-state index is -4.58. The van der Waals surface area contributed by atoms with Crippen molar-refractivity contribution in [1.82, 2.24) is 0 Å². The van der Waals surface area contributed by atoms with Gasteiger partial charge in [0.25, 0.3) is 0 Å². The summed E-state index contributed by atoms with van der Waals surface area (Å²) >= 11 is 4.97. The average Bonchev–Trinajstić information content (AvgIpc) is 2.25. The third kappa shape index (κ3) is 3.73. The number of nitrogens with zero attached hydrogens (tertiary/aromatic N) is 1. The lowest BCUT2D eigenvalue weighted by Crippen LogP contribution is -2.17. The quantitative estimate of drug-likeness (QED) is 0.755. The van der Waals surface area contributed by atoms with Crippen LogP contribution in [0.15, 0.2) is 29.3 Å². The summed E-state index contributed by atoms with van der Waals surface area (Å²) in [5, 5.41) is -1.34. The summed E-state index contributed by atoms with van der Waals surface area (Å²) in [5.74, 6) is 0.634. The topological polar surface area (TPSA) is 21.6 Å². The maximum atomic E-state index is 12.0. The molecule has 0 saturated heterocycles. The molecule has 88 valence electrons. The van der Waals surface area contributed by atoms with Crippen molar-refractivity contribution >= 4 is 16.8 Å². The van der Waals surface area contributed by atoms with Crippen molar-refractivity contribution in [3.63, 3.8) is 0 Å². The molecule has 0 aromatic heterocycles. The number of hydrogen-bond donors (Lipinski definition) is 0. The van der Waals surface area contributed by atoms with E-state index in [9.17, 15) is 13.2 Å². The summed E-state index contributed by atoms with van der Waals surface area (Å²) in [6.45, 7) is -0.109. The van der Waals surface area contributed by atoms with E-state index in [2.05, 4.69) is 4.99 Å². The van der Waals surface area contributed by atoms with Gasteiger partial charge in [-0.15, -0.1) is 0 Å². The third-order valence-electron chi connectivity index (χ3n) is 1.79. The Hall–Kier alpha value is -1.23. The Bertz CT molecular complexity index is 373. The van der Waals surface area contributed by atoms with Crippen molar-refractivity contribution in [2.24, 2.45) is 4.99 Å². The summed E-state index contributed by atoms with van der Waals surface area (Å²) < 4.78 is 40.9. The number of alkyl halides is 3. The molecule has 0 aliphatic carbocycles. The molecule has 0 fully saturated rings. The van der Waals surface area contributed by atoms with Crippen LogP contribution in [-0.2, 0) is 6.54 Å². The Kier molecular flexibility index (Phi) is 4.18. The fourth-order valence-electron chi connectivity index (χ4n) is 0.981. The van der Waals surface area contributed by atoms with E-state index in [1.54, 1.807) is 24.3 Å². The zero-order chi connectivity index (χ0) is 12.2. The summed E-state index contributed by atoms with van der Waals surface area (Å²) in [7, 11) is 1.51. The van der Waals surface area contributed by atoms with Gasteiger partial charge in [-0.2, -0.15) is 13.2 Å². The van der Waals surface area contributed by atoms with Crippen molar-refractivity contribution in [1.29, 1.82) is 0 Å². The van der Waals surface area contributed by atoms with Gasteiger partial charge in [0.05, 0.1) is 13.7 Å². The Morgan fingerprint density at radius 2 is 1.88 bits per heavy atom. The Morgan fingerprint density at radius 1 is 1.31 bits per heavy atom. The van der Waals surface area contributed by atoms with E-state index >= 15 is 0 Å². The van der Waals surface area contributed by atoms with E-state index in [0.29, 0.717) is 11.3 Å². The molecule has 1 aromatic carbocycles. The van der Waals surface area contributed by atoms with Gasteiger partial charge in [-0.05, 0) is 17.7 Å². The Morgan fingerprint density at radius 3 is 2.31 bits per heavy atom. The molecule has 0 spiro atoms. The Balaban J connectivity index is 2.67. The van der Waals surface area contributed by atoms with Gasteiger partial charge in [-0.3, -0.25) is 4.99 Å². The first-order valence-electron chi connectivity index (χ1n) is 4.33. The lowest BCUT2D eigenvalue weighted by Gasteiger charge is -2.04. The second-order valence-corrected chi connectivity index (χ2v) is 3.31. The van der Waals surface area contributed by atoms with Crippen molar-refractivity contribution in [3.8, 4) is 5.75 Å². The van der Waals surface area contributed by atoms with E-state index in [0.717, 1.165) is 0 Å². The molecule has 0 saturated carbocycles. The van der Waals surface area contributed by atoms with Gasteiger partial charge in [0.1, 0.15) is 5.75 Å². The number of hydrogen-bond acceptors (Lipinski definition) is 2. The number of halogens is 4. The van der Waals surface area contributed by atoms with Crippen molar-refractivity contribution in [3.05, 3.63) is 29.8 Å². The molecule has 1 aromatic rings. The van der Waals surface area contributed by atoms with E-state index in [4.69, 9.17) is 16.3 Å². The van der Waals surface area contributed by atoms with Crippen molar-refractivity contribution in [2.75, 3.05) is 7.11 Å². The van der Waals surface area contributed by atoms with Gasteiger partial charge in [-0.25, -0.2) is 0 Å². The normalized spacial score (nSPS) is 12.7. The molecule has 6 heteroatoms. The first kappa shape index (κ1) is 12.8. The van der Waals surface area contributed by atoms with Crippen LogP contribution in [0.3, 0.4) is 0 Å². The smallest absolute Gasteiger partial charge is 0.444 e. The minimum absolute atomic E-state index is 0.109. The second kappa shape index (κ2) is 5.21. The van der Waals surface area contributed by atoms with Gasteiger partial charge in [-0.1, -0.05) is 23.7 Å². The van der Waals surface area contributed by atoms with Crippen LogP contribution in [0, 0.1) is 0 Å². The lowest BCUT2D eigenvalue weighted by molar-refractivity contribution is -0.0561. The summed E-state index contributed by atoms with van der Waals surface area (Å²) in [4.78, 5) is 3.24. The summed E-state index contributed by atoms with van der Waals surface area (Å²) in [6.07, 6.45) is -4.58. The average molecular weight is 252 g/mol. The van der Waals surface area contributed by atoms with Crippen LogP contribution in [0.25, 0.3) is 0 Å². The molecule has 0 aliphatic rings. The van der Waals surface area contributed by atoms with Gasteiger partial charge in [0, 0.05) is 0 Å². The van der Waals surface area contributed by atoms with Gasteiger partial charge < -0.3 is 4.74 Å². The number of methoxy groups -OCH3 is 1. The first-order chi connectivity index (χ1) is 7.43. The van der Waals surface area contributed by atoms with Crippen LogP contribution in [0.5, 0.6) is 5.75 Å². The van der Waals surface area contributed by atoms with Gasteiger partial charge in [0.2, 0.25) is 5.17 Å². The molecule has 1 rings (SSSR count). The first-order valence-corrected chi connectivity index (χ1v) is 4.71. The van der Waals surface area contributed by atoms with Crippen LogP contribution in [0.2, 0.25) is 0 Å². The highest BCUT2D eigenvalue weighted by molar-refractivity contribution is 6.66. The van der Waals surface area contributed by atoms with Crippen LogP contribution < -0.4 is 4.74 Å².